The average Bonchev–Trinajstić information content (AvgIpc) is 3.19. The van der Waals surface area contributed by atoms with E-state index >= 15 is 0 Å². The van der Waals surface area contributed by atoms with Gasteiger partial charge < -0.3 is 25.0 Å². The van der Waals surface area contributed by atoms with Gasteiger partial charge in [0.2, 0.25) is 0 Å². The molecule has 1 aliphatic rings. The van der Waals surface area contributed by atoms with Crippen LogP contribution < -0.4 is 25.0 Å². The Labute approximate surface area is 175 Å². The molecule has 0 radical (unpaired) electrons. The van der Waals surface area contributed by atoms with Crippen molar-refractivity contribution in [2.24, 2.45) is 4.99 Å². The molecule has 0 aliphatic carbocycles. The van der Waals surface area contributed by atoms with Crippen LogP contribution in [-0.4, -0.2) is 45.9 Å². The molecule has 1 fully saturated rings. The number of hydrogen-bond donors (Lipinski definition) is 2. The minimum Gasteiger partial charge on any atom is -0.493 e. The Kier molecular flexibility index (Phi) is 7.32. The molecule has 2 N–H and O–H groups in total. The van der Waals surface area contributed by atoms with E-state index < -0.39 is 11.6 Å². The number of benzene rings is 2. The molecule has 0 spiro atoms. The molecule has 1 heterocycles. The summed E-state index contributed by atoms with van der Waals surface area (Å²) >= 11 is 0. The van der Waals surface area contributed by atoms with Crippen molar-refractivity contribution in [3.63, 3.8) is 0 Å². The van der Waals surface area contributed by atoms with Gasteiger partial charge in [0.1, 0.15) is 17.3 Å². The third-order valence-corrected chi connectivity index (χ3v) is 4.99. The monoisotopic (exact) mass is 418 g/mol. The first-order valence-electron chi connectivity index (χ1n) is 10.0. The zero-order valence-electron chi connectivity index (χ0n) is 17.5. The molecule has 3 rings (SSSR count). The molecular formula is C22H28F2N4O2. The summed E-state index contributed by atoms with van der Waals surface area (Å²) in [4.78, 5) is 5.99. The van der Waals surface area contributed by atoms with E-state index in [1.165, 1.54) is 18.2 Å². The van der Waals surface area contributed by atoms with Gasteiger partial charge in [-0.25, -0.2) is 8.78 Å². The molecule has 2 aromatic rings. The average molecular weight is 418 g/mol. The van der Waals surface area contributed by atoms with Crippen molar-refractivity contribution in [3.8, 4) is 11.5 Å². The van der Waals surface area contributed by atoms with E-state index in [-0.39, 0.29) is 11.7 Å². The number of guanidine groups is 1. The molecule has 1 saturated heterocycles. The number of aliphatic imine (C=N–C) groups is 1. The number of hydrogen-bond acceptors (Lipinski definition) is 4. The normalized spacial score (nSPS) is 16.5. The highest BCUT2D eigenvalue weighted by Gasteiger charge is 2.27. The molecule has 0 saturated carbocycles. The Morgan fingerprint density at radius 3 is 2.63 bits per heavy atom. The third kappa shape index (κ3) is 5.11. The fraction of sp³-hybridized carbons (Fsp3) is 0.409. The molecule has 30 heavy (non-hydrogen) atoms. The summed E-state index contributed by atoms with van der Waals surface area (Å²) in [5, 5.41) is 6.61. The van der Waals surface area contributed by atoms with Gasteiger partial charge >= 0.3 is 0 Å². The van der Waals surface area contributed by atoms with Gasteiger partial charge in [0.15, 0.2) is 17.5 Å². The summed E-state index contributed by atoms with van der Waals surface area (Å²) in [7, 11) is 3.30. The van der Waals surface area contributed by atoms with Crippen LogP contribution in [0.4, 0.5) is 14.5 Å². The minimum absolute atomic E-state index is 0.0325. The van der Waals surface area contributed by atoms with Crippen molar-refractivity contribution in [1.29, 1.82) is 0 Å². The third-order valence-electron chi connectivity index (χ3n) is 4.99. The molecule has 2 aromatic carbocycles. The van der Waals surface area contributed by atoms with Crippen LogP contribution in [0.2, 0.25) is 0 Å². The zero-order valence-corrected chi connectivity index (χ0v) is 17.5. The van der Waals surface area contributed by atoms with E-state index in [1.807, 2.05) is 25.1 Å². The Hall–Kier alpha value is -3.03. The van der Waals surface area contributed by atoms with Crippen LogP contribution in [0.25, 0.3) is 0 Å². The van der Waals surface area contributed by atoms with Gasteiger partial charge in [-0.15, -0.1) is 0 Å². The zero-order chi connectivity index (χ0) is 21.5. The van der Waals surface area contributed by atoms with E-state index in [4.69, 9.17) is 9.47 Å². The molecule has 1 unspecified atom stereocenters. The van der Waals surface area contributed by atoms with Crippen molar-refractivity contribution < 1.29 is 18.3 Å². The van der Waals surface area contributed by atoms with Crippen molar-refractivity contribution in [2.75, 3.05) is 38.8 Å². The van der Waals surface area contributed by atoms with Crippen molar-refractivity contribution in [2.45, 2.75) is 25.9 Å². The number of nitrogens with one attached hydrogen (secondary N) is 2. The molecule has 162 valence electrons. The maximum Gasteiger partial charge on any atom is 0.191 e. The molecule has 1 atom stereocenters. The van der Waals surface area contributed by atoms with Gasteiger partial charge in [0.25, 0.3) is 0 Å². The smallest absolute Gasteiger partial charge is 0.191 e. The van der Waals surface area contributed by atoms with Crippen LogP contribution in [0, 0.1) is 11.6 Å². The molecule has 0 bridgehead atoms. The van der Waals surface area contributed by atoms with E-state index in [0.717, 1.165) is 12.0 Å². The first kappa shape index (κ1) is 21.7. The highest BCUT2D eigenvalue weighted by Crippen LogP contribution is 2.28. The number of nitrogens with zero attached hydrogens (tertiary/aromatic N) is 2. The van der Waals surface area contributed by atoms with Crippen LogP contribution in [0.1, 0.15) is 18.9 Å². The lowest BCUT2D eigenvalue weighted by molar-refractivity contribution is 0.310. The van der Waals surface area contributed by atoms with Gasteiger partial charge in [-0.1, -0.05) is 12.1 Å². The fourth-order valence-electron chi connectivity index (χ4n) is 3.55. The summed E-state index contributed by atoms with van der Waals surface area (Å²) < 4.78 is 39.0. The van der Waals surface area contributed by atoms with Gasteiger partial charge in [0.05, 0.1) is 13.7 Å². The molecule has 6 nitrogen and oxygen atoms in total. The number of rotatable bonds is 7. The molecule has 0 aromatic heterocycles. The van der Waals surface area contributed by atoms with Crippen molar-refractivity contribution >= 4 is 11.6 Å². The maximum absolute atomic E-state index is 14.1. The predicted molar refractivity (Wildman–Crippen MR) is 114 cm³/mol. The Bertz CT molecular complexity index is 871. The van der Waals surface area contributed by atoms with Crippen LogP contribution in [-0.2, 0) is 6.54 Å². The SMILES string of the molecule is CCOc1cc(CNC(=NC)NC2CCN(c3c(F)cccc3F)C2)ccc1OC. The standard InChI is InChI=1S/C22H28F2N4O2/c1-4-30-20-12-15(8-9-19(20)29-3)13-26-22(25-2)27-16-10-11-28(14-16)21-17(23)6-5-7-18(21)24/h5-9,12,16H,4,10-11,13-14H2,1-3H3,(H2,25,26,27). The lowest BCUT2D eigenvalue weighted by Gasteiger charge is -2.21. The number of para-hydroxylation sites is 1. The number of methoxy groups -OCH3 is 1. The van der Waals surface area contributed by atoms with Gasteiger partial charge in [0, 0.05) is 32.7 Å². The highest BCUT2D eigenvalue weighted by atomic mass is 19.1. The van der Waals surface area contributed by atoms with E-state index in [2.05, 4.69) is 15.6 Å². The van der Waals surface area contributed by atoms with Crippen LogP contribution in [0.3, 0.4) is 0 Å². The van der Waals surface area contributed by atoms with E-state index in [1.54, 1.807) is 19.1 Å². The summed E-state index contributed by atoms with van der Waals surface area (Å²) in [6, 6.07) is 9.74. The molecular weight excluding hydrogens is 390 g/mol. The van der Waals surface area contributed by atoms with Gasteiger partial charge in [-0.2, -0.15) is 0 Å². The number of halogens is 2. The summed E-state index contributed by atoms with van der Waals surface area (Å²) in [5.74, 6) is 0.935. The lowest BCUT2D eigenvalue weighted by atomic mass is 10.2. The number of ether oxygens (including phenoxy) is 2. The van der Waals surface area contributed by atoms with Crippen molar-refractivity contribution in [1.82, 2.24) is 10.6 Å². The van der Waals surface area contributed by atoms with Crippen LogP contribution in [0.5, 0.6) is 11.5 Å². The molecule has 0 amide bonds. The Morgan fingerprint density at radius 2 is 1.97 bits per heavy atom. The van der Waals surface area contributed by atoms with Crippen molar-refractivity contribution in [3.05, 3.63) is 53.6 Å². The topological polar surface area (TPSA) is 58.1 Å². The lowest BCUT2D eigenvalue weighted by Crippen LogP contribution is -2.44. The second-order valence-corrected chi connectivity index (χ2v) is 6.99. The van der Waals surface area contributed by atoms with E-state index in [9.17, 15) is 8.78 Å². The summed E-state index contributed by atoms with van der Waals surface area (Å²) in [5.41, 5.74) is 1.05. The fourth-order valence-corrected chi connectivity index (χ4v) is 3.55. The molecule has 8 heteroatoms. The second-order valence-electron chi connectivity index (χ2n) is 6.99. The van der Waals surface area contributed by atoms with Crippen LogP contribution >= 0.6 is 0 Å². The van der Waals surface area contributed by atoms with Crippen LogP contribution in [0.15, 0.2) is 41.4 Å². The minimum atomic E-state index is -0.539. The highest BCUT2D eigenvalue weighted by molar-refractivity contribution is 5.80. The summed E-state index contributed by atoms with van der Waals surface area (Å²) in [6.07, 6.45) is 0.755. The second kappa shape index (κ2) is 10.1. The summed E-state index contributed by atoms with van der Waals surface area (Å²) in [6.45, 7) is 4.09. The maximum atomic E-state index is 14.1. The Morgan fingerprint density at radius 1 is 1.20 bits per heavy atom. The predicted octanol–water partition coefficient (Wildman–Crippen LogP) is 3.32. The number of anilines is 1. The van der Waals surface area contributed by atoms with Gasteiger partial charge in [-0.3, -0.25) is 4.99 Å². The van der Waals surface area contributed by atoms with E-state index in [0.29, 0.717) is 43.7 Å². The quantitative estimate of drug-likeness (QED) is 0.534. The van der Waals surface area contributed by atoms with Gasteiger partial charge in [-0.05, 0) is 43.2 Å². The Balaban J connectivity index is 1.57. The molecule has 1 aliphatic heterocycles. The largest absolute Gasteiger partial charge is 0.493 e. The first-order valence-corrected chi connectivity index (χ1v) is 10.0. The first-order chi connectivity index (χ1) is 14.5.